The molecule has 0 rings (SSSR count). The standard InChI is InChI=1S/C64H127NO3/c1-3-5-7-9-11-13-15-17-19-21-23-25-27-29-31-33-35-37-39-41-43-45-47-49-51-53-55-57-59-63(67)62(61-66)65-64(68)60-58-56-54-52-50-48-46-44-42-40-38-36-34-32-30-28-26-24-22-20-18-16-14-12-10-8-6-4-2/h57,59,62-63,66-67H,3-56,58,60-61H2,1-2H3,(H,65,68)/b59-57+. The maximum atomic E-state index is 12.5. The Kier molecular flexibility index (Phi) is 59.7. The van der Waals surface area contributed by atoms with Gasteiger partial charge in [0.25, 0.3) is 0 Å². The molecule has 4 nitrogen and oxygen atoms in total. The number of aliphatic hydroxyl groups is 2. The molecule has 406 valence electrons. The van der Waals surface area contributed by atoms with Crippen molar-refractivity contribution in [2.75, 3.05) is 6.61 Å². The van der Waals surface area contributed by atoms with E-state index in [0.717, 1.165) is 25.7 Å². The van der Waals surface area contributed by atoms with Gasteiger partial charge in [0, 0.05) is 6.42 Å². The lowest BCUT2D eigenvalue weighted by Crippen LogP contribution is -2.45. The molecule has 4 heteroatoms. The van der Waals surface area contributed by atoms with E-state index in [1.54, 1.807) is 6.08 Å². The highest BCUT2D eigenvalue weighted by atomic mass is 16.3. The van der Waals surface area contributed by atoms with Gasteiger partial charge in [-0.25, -0.2) is 0 Å². The molecule has 0 aromatic heterocycles. The molecule has 0 aromatic rings. The highest BCUT2D eigenvalue weighted by Gasteiger charge is 2.18. The summed E-state index contributed by atoms with van der Waals surface area (Å²) in [6, 6.07) is -0.619. The van der Waals surface area contributed by atoms with Crippen molar-refractivity contribution >= 4 is 5.91 Å². The molecule has 0 aliphatic heterocycles. The van der Waals surface area contributed by atoms with Gasteiger partial charge in [-0.05, 0) is 19.3 Å². The second-order valence-corrected chi connectivity index (χ2v) is 22.2. The van der Waals surface area contributed by atoms with Crippen molar-refractivity contribution in [3.05, 3.63) is 12.2 Å². The van der Waals surface area contributed by atoms with Crippen LogP contribution in [0.2, 0.25) is 0 Å². The number of aliphatic hydroxyl groups excluding tert-OH is 2. The second-order valence-electron chi connectivity index (χ2n) is 22.2. The lowest BCUT2D eigenvalue weighted by molar-refractivity contribution is -0.123. The minimum absolute atomic E-state index is 0.0540. The van der Waals surface area contributed by atoms with Gasteiger partial charge < -0.3 is 15.5 Å². The summed E-state index contributed by atoms with van der Waals surface area (Å²) in [7, 11) is 0. The average molecular weight is 959 g/mol. The van der Waals surface area contributed by atoms with Gasteiger partial charge in [-0.2, -0.15) is 0 Å². The van der Waals surface area contributed by atoms with Crippen molar-refractivity contribution in [2.24, 2.45) is 0 Å². The molecule has 0 fully saturated rings. The van der Waals surface area contributed by atoms with Gasteiger partial charge in [-0.1, -0.05) is 360 Å². The zero-order valence-electron chi connectivity index (χ0n) is 46.9. The molecular formula is C64H127NO3. The Morgan fingerprint density at radius 3 is 0.765 bits per heavy atom. The van der Waals surface area contributed by atoms with Gasteiger partial charge in [-0.3, -0.25) is 4.79 Å². The van der Waals surface area contributed by atoms with E-state index in [0.29, 0.717) is 6.42 Å². The van der Waals surface area contributed by atoms with Gasteiger partial charge in [0.15, 0.2) is 0 Å². The minimum atomic E-state index is -0.836. The molecule has 0 aliphatic carbocycles. The lowest BCUT2D eigenvalue weighted by Gasteiger charge is -2.20. The Morgan fingerprint density at radius 2 is 0.544 bits per heavy atom. The van der Waals surface area contributed by atoms with E-state index in [1.807, 2.05) is 6.08 Å². The number of allylic oxidation sites excluding steroid dienone is 1. The monoisotopic (exact) mass is 958 g/mol. The number of unbranched alkanes of at least 4 members (excludes halogenated alkanes) is 53. The fourth-order valence-corrected chi connectivity index (χ4v) is 10.4. The zero-order chi connectivity index (χ0) is 49.2. The minimum Gasteiger partial charge on any atom is -0.394 e. The lowest BCUT2D eigenvalue weighted by atomic mass is 10.0. The number of hydrogen-bond acceptors (Lipinski definition) is 3. The Hall–Kier alpha value is -0.870. The molecule has 2 unspecified atom stereocenters. The van der Waals surface area contributed by atoms with Crippen LogP contribution in [0, 0.1) is 0 Å². The first kappa shape index (κ1) is 67.1. The predicted molar refractivity (Wildman–Crippen MR) is 304 cm³/mol. The van der Waals surface area contributed by atoms with Crippen LogP contribution in [-0.2, 0) is 4.79 Å². The van der Waals surface area contributed by atoms with E-state index >= 15 is 0 Å². The van der Waals surface area contributed by atoms with E-state index in [9.17, 15) is 15.0 Å². The summed E-state index contributed by atoms with van der Waals surface area (Å²) in [5.41, 5.74) is 0. The molecule has 0 aliphatic rings. The van der Waals surface area contributed by atoms with E-state index in [4.69, 9.17) is 0 Å². The summed E-state index contributed by atoms with van der Waals surface area (Å²) in [5.74, 6) is -0.0540. The molecule has 3 N–H and O–H groups in total. The molecule has 68 heavy (non-hydrogen) atoms. The summed E-state index contributed by atoms with van der Waals surface area (Å²) in [6.07, 6.45) is 79.9. The van der Waals surface area contributed by atoms with Crippen LogP contribution in [-0.4, -0.2) is 34.9 Å². The molecule has 1 amide bonds. The third-order valence-electron chi connectivity index (χ3n) is 15.3. The zero-order valence-corrected chi connectivity index (χ0v) is 46.9. The van der Waals surface area contributed by atoms with Crippen LogP contribution >= 0.6 is 0 Å². The smallest absolute Gasteiger partial charge is 0.220 e. The van der Waals surface area contributed by atoms with Crippen molar-refractivity contribution in [1.29, 1.82) is 0 Å². The van der Waals surface area contributed by atoms with Gasteiger partial charge >= 0.3 is 0 Å². The fourth-order valence-electron chi connectivity index (χ4n) is 10.4. The molecule has 0 aromatic carbocycles. The largest absolute Gasteiger partial charge is 0.394 e. The second kappa shape index (κ2) is 60.4. The molecule has 0 radical (unpaired) electrons. The summed E-state index contributed by atoms with van der Waals surface area (Å²) in [4.78, 5) is 12.5. The van der Waals surface area contributed by atoms with E-state index in [-0.39, 0.29) is 12.5 Å². The first-order valence-electron chi connectivity index (χ1n) is 31.9. The van der Waals surface area contributed by atoms with Gasteiger partial charge in [0.2, 0.25) is 5.91 Å². The summed E-state index contributed by atoms with van der Waals surface area (Å²) in [6.45, 7) is 4.36. The van der Waals surface area contributed by atoms with Crippen molar-refractivity contribution < 1.29 is 15.0 Å². The van der Waals surface area contributed by atoms with E-state index in [2.05, 4.69) is 19.2 Å². The molecule has 2 atom stereocenters. The van der Waals surface area contributed by atoms with Crippen molar-refractivity contribution in [3.8, 4) is 0 Å². The van der Waals surface area contributed by atoms with Gasteiger partial charge in [-0.15, -0.1) is 0 Å². The third-order valence-corrected chi connectivity index (χ3v) is 15.3. The molecule has 0 saturated carbocycles. The fraction of sp³-hybridized carbons (Fsp3) is 0.953. The van der Waals surface area contributed by atoms with E-state index < -0.39 is 12.1 Å². The molecule has 0 heterocycles. The maximum absolute atomic E-state index is 12.5. The van der Waals surface area contributed by atoms with Crippen LogP contribution in [0.4, 0.5) is 0 Å². The number of carbonyl (C=O) groups excluding carboxylic acids is 1. The van der Waals surface area contributed by atoms with Crippen LogP contribution in [0.3, 0.4) is 0 Å². The normalized spacial score (nSPS) is 12.7. The average Bonchev–Trinajstić information content (AvgIpc) is 3.34. The van der Waals surface area contributed by atoms with Gasteiger partial charge in [0.1, 0.15) is 0 Å². The Balaban J connectivity index is 3.41. The highest BCUT2D eigenvalue weighted by Crippen LogP contribution is 2.19. The van der Waals surface area contributed by atoms with E-state index in [1.165, 1.54) is 327 Å². The predicted octanol–water partition coefficient (Wildman–Crippen LogP) is 21.3. The van der Waals surface area contributed by atoms with Crippen LogP contribution in [0.25, 0.3) is 0 Å². The summed E-state index contributed by atoms with van der Waals surface area (Å²) < 4.78 is 0. The number of amides is 1. The molecular weight excluding hydrogens is 831 g/mol. The molecule has 0 saturated heterocycles. The summed E-state index contributed by atoms with van der Waals surface area (Å²) >= 11 is 0. The number of nitrogens with one attached hydrogen (secondary N) is 1. The highest BCUT2D eigenvalue weighted by molar-refractivity contribution is 5.76. The summed E-state index contributed by atoms with van der Waals surface area (Å²) in [5, 5.41) is 23.3. The number of rotatable bonds is 60. The third kappa shape index (κ3) is 56.0. The van der Waals surface area contributed by atoms with Crippen LogP contribution < -0.4 is 5.32 Å². The maximum Gasteiger partial charge on any atom is 0.220 e. The first-order chi connectivity index (χ1) is 33.7. The van der Waals surface area contributed by atoms with Crippen molar-refractivity contribution in [3.63, 3.8) is 0 Å². The van der Waals surface area contributed by atoms with Crippen LogP contribution in [0.1, 0.15) is 373 Å². The first-order valence-corrected chi connectivity index (χ1v) is 31.9. The SMILES string of the molecule is CCCCCCCCCCCCCCCCCCCCCCCCCCCC/C=C/C(O)C(CO)NC(=O)CCCCCCCCCCCCCCCCCCCCCCCCCCCCCC. The topological polar surface area (TPSA) is 69.6 Å². The Bertz CT molecular complexity index is 952. The van der Waals surface area contributed by atoms with Crippen molar-refractivity contribution in [2.45, 2.75) is 386 Å². The van der Waals surface area contributed by atoms with Gasteiger partial charge in [0.05, 0.1) is 18.8 Å². The number of hydrogen-bond donors (Lipinski definition) is 3. The number of carbonyl (C=O) groups is 1. The Labute approximate surface area is 428 Å². The van der Waals surface area contributed by atoms with Crippen LogP contribution in [0.5, 0.6) is 0 Å². The molecule has 0 spiro atoms. The quantitative estimate of drug-likeness (QED) is 0.0420. The van der Waals surface area contributed by atoms with Crippen molar-refractivity contribution in [1.82, 2.24) is 5.32 Å². The van der Waals surface area contributed by atoms with Crippen LogP contribution in [0.15, 0.2) is 12.2 Å². The Morgan fingerprint density at radius 1 is 0.338 bits per heavy atom. The molecule has 0 bridgehead atoms.